The third-order valence-corrected chi connectivity index (χ3v) is 6.89. The van der Waals surface area contributed by atoms with Crippen LogP contribution in [0.25, 0.3) is 5.57 Å². The molecule has 0 unspecified atom stereocenters. The summed E-state index contributed by atoms with van der Waals surface area (Å²) in [6.07, 6.45) is 2.16. The Morgan fingerprint density at radius 3 is 2.21 bits per heavy atom. The topological polar surface area (TPSA) is 65.6 Å². The molecule has 1 aromatic rings. The smallest absolute Gasteiger partial charge is 0.241 e. The Hall–Kier alpha value is -2.42. The highest BCUT2D eigenvalue weighted by atomic mass is 16.5. The molecule has 3 heterocycles. The lowest BCUT2D eigenvalue weighted by Crippen LogP contribution is -2.56. The van der Waals surface area contributed by atoms with E-state index in [9.17, 15) is 9.59 Å². The van der Waals surface area contributed by atoms with Gasteiger partial charge in [-0.05, 0) is 51.5 Å². The van der Waals surface area contributed by atoms with E-state index >= 15 is 0 Å². The lowest BCUT2D eigenvalue weighted by atomic mass is 9.88. The minimum atomic E-state index is -0.409. The second-order valence-electron chi connectivity index (χ2n) is 9.87. The highest BCUT2D eigenvalue weighted by Gasteiger charge is 2.37. The van der Waals surface area contributed by atoms with Crippen molar-refractivity contribution >= 4 is 23.1 Å². The van der Waals surface area contributed by atoms with Gasteiger partial charge in [0.2, 0.25) is 11.8 Å². The lowest BCUT2D eigenvalue weighted by molar-refractivity contribution is -0.137. The van der Waals surface area contributed by atoms with Gasteiger partial charge in [-0.2, -0.15) is 0 Å². The van der Waals surface area contributed by atoms with Gasteiger partial charge in [-0.3, -0.25) is 19.4 Å². The summed E-state index contributed by atoms with van der Waals surface area (Å²) in [5.41, 5.74) is 2.73. The molecule has 0 aromatic heterocycles. The number of rotatable bonds is 6. The number of piperazine rings is 1. The molecule has 3 aliphatic heterocycles. The van der Waals surface area contributed by atoms with Gasteiger partial charge in [-0.1, -0.05) is 6.08 Å². The van der Waals surface area contributed by atoms with Crippen LogP contribution >= 0.6 is 0 Å². The molecular weight excluding hydrogens is 432 g/mol. The number of hydrogen-bond donors (Lipinski definition) is 0. The van der Waals surface area contributed by atoms with Crippen LogP contribution in [0.15, 0.2) is 24.3 Å². The number of anilines is 1. The number of ether oxygens (including phenoxy) is 2. The zero-order chi connectivity index (χ0) is 24.3. The molecule has 1 aromatic carbocycles. The number of nitrogens with zero attached hydrogens (tertiary/aromatic N) is 4. The molecule has 186 valence electrons. The van der Waals surface area contributed by atoms with Gasteiger partial charge in [-0.15, -0.1) is 0 Å². The van der Waals surface area contributed by atoms with Gasteiger partial charge in [-0.25, -0.2) is 0 Å². The maximum Gasteiger partial charge on any atom is 0.241 e. The maximum atomic E-state index is 13.6. The average molecular weight is 471 g/mol. The molecule has 0 bridgehead atoms. The first kappa shape index (κ1) is 24.7. The number of fused-ring (bicyclic) bond motifs is 1. The van der Waals surface area contributed by atoms with E-state index in [1.165, 1.54) is 0 Å². The Kier molecular flexibility index (Phi) is 7.60. The predicted molar refractivity (Wildman–Crippen MR) is 133 cm³/mol. The van der Waals surface area contributed by atoms with Crippen molar-refractivity contribution in [3.63, 3.8) is 0 Å². The van der Waals surface area contributed by atoms with Gasteiger partial charge >= 0.3 is 0 Å². The molecule has 0 radical (unpaired) electrons. The van der Waals surface area contributed by atoms with Crippen molar-refractivity contribution in [3.8, 4) is 5.75 Å². The minimum absolute atomic E-state index is 0.0944. The normalized spacial score (nSPS) is 21.1. The summed E-state index contributed by atoms with van der Waals surface area (Å²) in [6.45, 7) is 15.4. The van der Waals surface area contributed by atoms with E-state index in [1.54, 1.807) is 0 Å². The second-order valence-corrected chi connectivity index (χ2v) is 9.87. The van der Waals surface area contributed by atoms with E-state index in [1.807, 2.05) is 34.9 Å². The molecule has 0 atom stereocenters. The fourth-order valence-electron chi connectivity index (χ4n) is 5.19. The molecule has 3 aliphatic rings. The van der Waals surface area contributed by atoms with Crippen molar-refractivity contribution in [1.29, 1.82) is 0 Å². The quantitative estimate of drug-likeness (QED) is 0.635. The van der Waals surface area contributed by atoms with Crippen molar-refractivity contribution in [2.24, 2.45) is 0 Å². The van der Waals surface area contributed by atoms with Crippen molar-refractivity contribution in [1.82, 2.24) is 14.7 Å². The Balaban J connectivity index is 1.37. The van der Waals surface area contributed by atoms with Gasteiger partial charge in [0, 0.05) is 44.8 Å². The number of amides is 2. The lowest BCUT2D eigenvalue weighted by Gasteiger charge is -2.43. The van der Waals surface area contributed by atoms with Gasteiger partial charge in [0.25, 0.3) is 0 Å². The third-order valence-electron chi connectivity index (χ3n) is 6.89. The molecule has 0 saturated carbocycles. The molecule has 8 nitrogen and oxygen atoms in total. The molecule has 2 saturated heterocycles. The van der Waals surface area contributed by atoms with Crippen molar-refractivity contribution in [2.45, 2.75) is 33.2 Å². The zero-order valence-electron chi connectivity index (χ0n) is 21.0. The van der Waals surface area contributed by atoms with Crippen LogP contribution in [0.2, 0.25) is 0 Å². The monoisotopic (exact) mass is 470 g/mol. The Bertz CT molecular complexity index is 931. The largest absolute Gasteiger partial charge is 0.494 e. The Labute approximate surface area is 203 Å². The number of carbonyl (C=O) groups excluding carboxylic acids is 2. The number of hydrogen-bond acceptors (Lipinski definition) is 6. The van der Waals surface area contributed by atoms with E-state index in [0.717, 1.165) is 48.8 Å². The first-order chi connectivity index (χ1) is 16.3. The van der Waals surface area contributed by atoms with E-state index in [0.29, 0.717) is 46.0 Å². The molecule has 2 fully saturated rings. The molecular formula is C26H38N4O4. The molecule has 4 rings (SSSR count). The van der Waals surface area contributed by atoms with Crippen LogP contribution in [0.4, 0.5) is 5.69 Å². The van der Waals surface area contributed by atoms with E-state index in [4.69, 9.17) is 9.47 Å². The van der Waals surface area contributed by atoms with Crippen molar-refractivity contribution < 1.29 is 19.1 Å². The molecule has 0 N–H and O–H groups in total. The van der Waals surface area contributed by atoms with Crippen LogP contribution in [-0.2, 0) is 14.3 Å². The number of benzene rings is 1. The van der Waals surface area contributed by atoms with Crippen LogP contribution in [0.5, 0.6) is 5.75 Å². The third kappa shape index (κ3) is 5.45. The van der Waals surface area contributed by atoms with Gasteiger partial charge in [0.15, 0.2) is 0 Å². The molecule has 0 aliphatic carbocycles. The standard InChI is InChI=1S/C26H38N4O4/c1-5-34-21-6-7-23-22(16-21)20(2)17-26(3,4)30(23)25(32)19-28-10-8-27(9-11-28)18-24(31)29-12-14-33-15-13-29/h6-7,16-17H,5,8-15,18-19H2,1-4H3. The van der Waals surface area contributed by atoms with Crippen LogP contribution in [0, 0.1) is 0 Å². The highest BCUT2D eigenvalue weighted by molar-refractivity contribution is 6.01. The van der Waals surface area contributed by atoms with E-state index < -0.39 is 5.54 Å². The predicted octanol–water partition coefficient (Wildman–Crippen LogP) is 2.09. The van der Waals surface area contributed by atoms with Crippen LogP contribution < -0.4 is 9.64 Å². The average Bonchev–Trinajstić information content (AvgIpc) is 2.81. The summed E-state index contributed by atoms with van der Waals surface area (Å²) in [7, 11) is 0. The minimum Gasteiger partial charge on any atom is -0.494 e. The molecule has 34 heavy (non-hydrogen) atoms. The van der Waals surface area contributed by atoms with Crippen LogP contribution in [-0.4, -0.2) is 104 Å². The number of morpholine rings is 1. The summed E-state index contributed by atoms with van der Waals surface area (Å²) in [5, 5.41) is 0. The SMILES string of the molecule is CCOc1ccc2c(c1)C(C)=CC(C)(C)N2C(=O)CN1CCN(CC(=O)N2CCOCC2)CC1. The second kappa shape index (κ2) is 10.5. The Morgan fingerprint density at radius 2 is 1.59 bits per heavy atom. The van der Waals surface area contributed by atoms with Crippen LogP contribution in [0.3, 0.4) is 0 Å². The zero-order valence-corrected chi connectivity index (χ0v) is 21.0. The molecule has 0 spiro atoms. The van der Waals surface area contributed by atoms with E-state index in [-0.39, 0.29) is 11.8 Å². The van der Waals surface area contributed by atoms with Crippen molar-refractivity contribution in [2.75, 3.05) is 77.1 Å². The summed E-state index contributed by atoms with van der Waals surface area (Å²) < 4.78 is 11.0. The summed E-state index contributed by atoms with van der Waals surface area (Å²) in [4.78, 5) is 34.3. The first-order valence-corrected chi connectivity index (χ1v) is 12.4. The van der Waals surface area contributed by atoms with Crippen molar-refractivity contribution in [3.05, 3.63) is 29.8 Å². The summed E-state index contributed by atoms with van der Waals surface area (Å²) >= 11 is 0. The van der Waals surface area contributed by atoms with Crippen LogP contribution in [0.1, 0.15) is 33.3 Å². The first-order valence-electron chi connectivity index (χ1n) is 12.4. The summed E-state index contributed by atoms with van der Waals surface area (Å²) in [6, 6.07) is 5.98. The number of carbonyl (C=O) groups is 2. The Morgan fingerprint density at radius 1 is 0.971 bits per heavy atom. The fraction of sp³-hybridized carbons (Fsp3) is 0.615. The molecule has 8 heteroatoms. The van der Waals surface area contributed by atoms with E-state index in [2.05, 4.69) is 36.6 Å². The van der Waals surface area contributed by atoms with Gasteiger partial charge in [0.05, 0.1) is 44.1 Å². The van der Waals surface area contributed by atoms with Gasteiger partial charge < -0.3 is 19.3 Å². The fourth-order valence-corrected chi connectivity index (χ4v) is 5.19. The maximum absolute atomic E-state index is 13.6. The molecule has 2 amide bonds. The highest BCUT2D eigenvalue weighted by Crippen LogP contribution is 2.40. The number of allylic oxidation sites excluding steroid dienone is 1. The summed E-state index contributed by atoms with van der Waals surface area (Å²) in [5.74, 6) is 1.09. The van der Waals surface area contributed by atoms with Gasteiger partial charge in [0.1, 0.15) is 5.75 Å².